The van der Waals surface area contributed by atoms with E-state index in [2.05, 4.69) is 78.2 Å². The Morgan fingerprint density at radius 2 is 1.30 bits per heavy atom. The van der Waals surface area contributed by atoms with E-state index in [0.717, 1.165) is 15.8 Å². The molecule has 3 aliphatic heterocycles. The van der Waals surface area contributed by atoms with E-state index in [1.165, 1.54) is 5.01 Å². The van der Waals surface area contributed by atoms with Crippen LogP contribution in [0.15, 0.2) is 30.5 Å². The first kappa shape index (κ1) is 55.6. The number of hydrogen-bond donors (Lipinski definition) is 16. The van der Waals surface area contributed by atoms with Crippen molar-refractivity contribution >= 4 is 101 Å². The normalized spacial score (nSPS) is 26.8. The molecule has 2 aromatic rings. The number of ketones is 2. The Morgan fingerprint density at radius 3 is 1.96 bits per heavy atom. The van der Waals surface area contributed by atoms with Crippen molar-refractivity contribution in [3.63, 3.8) is 0 Å². The molecule has 3 saturated heterocycles. The van der Waals surface area contributed by atoms with Gasteiger partial charge in [-0.1, -0.05) is 18.2 Å². The predicted molar refractivity (Wildman–Crippen MR) is 260 cm³/mol. The SMILES string of the molecule is N=C(N)NCCC[C@@H]1NC(=O)CNN2CCC[C@H]2C(=O)N[C@@H](Cc2c[nH]c3ccccc23)C(=O)N[C@@H](CS)C(=O)N[C@@H](CO)C(=O)NCC(=O)C(=O)[C@@H]2CCCN2C(=O)[C@H](CO)NC(=O)[C@H](CS)NC1=O. The first-order valence-electron chi connectivity index (χ1n) is 23.0. The Hall–Kier alpha value is -6.33. The van der Waals surface area contributed by atoms with Crippen molar-refractivity contribution in [1.29, 1.82) is 5.41 Å². The van der Waals surface area contributed by atoms with Crippen LogP contribution in [0.3, 0.4) is 0 Å². The smallest absolute Gasteiger partial charge is 0.248 e. The summed E-state index contributed by atoms with van der Waals surface area (Å²) < 4.78 is 0. The number of aromatic amines is 1. The molecule has 0 unspecified atom stereocenters. The van der Waals surface area contributed by atoms with Crippen molar-refractivity contribution in [2.45, 2.75) is 93.3 Å². The summed E-state index contributed by atoms with van der Waals surface area (Å²) in [5, 5.41) is 49.9. The summed E-state index contributed by atoms with van der Waals surface area (Å²) >= 11 is 8.43. The van der Waals surface area contributed by atoms with Gasteiger partial charge in [0.2, 0.25) is 58.8 Å². The van der Waals surface area contributed by atoms with Crippen molar-refractivity contribution in [3.05, 3.63) is 36.0 Å². The lowest BCUT2D eigenvalue weighted by Gasteiger charge is -2.29. The third kappa shape index (κ3) is 15.1. The first-order valence-corrected chi connectivity index (χ1v) is 24.3. The van der Waals surface area contributed by atoms with Crippen LogP contribution in [0.25, 0.3) is 10.9 Å². The maximum atomic E-state index is 14.1. The molecule has 0 bridgehead atoms. The van der Waals surface area contributed by atoms with E-state index in [4.69, 9.17) is 11.1 Å². The number of Topliss-reactive ketones (excluding diaryl/α,β-unsaturated/α-hetero) is 2. The zero-order valence-corrected chi connectivity index (χ0v) is 40.5. The van der Waals surface area contributed by atoms with Crippen molar-refractivity contribution in [3.8, 4) is 0 Å². The topological polar surface area (TPSA) is 392 Å². The number of carbonyl (C=O) groups excluding carboxylic acids is 10. The number of rotatable bonds is 10. The molecule has 0 spiro atoms. The van der Waals surface area contributed by atoms with Gasteiger partial charge in [0.15, 0.2) is 5.96 Å². The van der Waals surface area contributed by atoms with Crippen LogP contribution in [0.2, 0.25) is 0 Å². The maximum Gasteiger partial charge on any atom is 0.248 e. The van der Waals surface area contributed by atoms with Crippen molar-refractivity contribution in [2.24, 2.45) is 5.73 Å². The number of nitrogens with zero attached hydrogens (tertiary/aromatic N) is 2. The number of aliphatic hydroxyl groups is 2. The summed E-state index contributed by atoms with van der Waals surface area (Å²) in [4.78, 5) is 140. The summed E-state index contributed by atoms with van der Waals surface area (Å²) in [6.45, 7) is -2.88. The maximum absolute atomic E-state index is 14.1. The predicted octanol–water partition coefficient (Wildman–Crippen LogP) is -6.05. The summed E-state index contributed by atoms with van der Waals surface area (Å²) in [6.07, 6.45) is 2.88. The van der Waals surface area contributed by atoms with Crippen LogP contribution < -0.4 is 53.7 Å². The zero-order chi connectivity index (χ0) is 51.8. The molecule has 5 rings (SSSR count). The number of nitrogens with two attached hydrogens (primary N) is 1. The molecule has 1 aromatic heterocycles. The summed E-state index contributed by atoms with van der Waals surface area (Å²) in [6, 6.07) is -3.76. The number of aliphatic hydroxyl groups excluding tert-OH is 2. The van der Waals surface area contributed by atoms with Gasteiger partial charge >= 0.3 is 0 Å². The fourth-order valence-electron chi connectivity index (χ4n) is 8.37. The second-order valence-corrected chi connectivity index (χ2v) is 17.8. The van der Waals surface area contributed by atoms with Gasteiger partial charge in [0.25, 0.3) is 0 Å². The molecule has 26 nitrogen and oxygen atoms in total. The monoisotopic (exact) mass is 1030 g/mol. The quantitative estimate of drug-likeness (QED) is 0.0346. The number of thiol groups is 2. The largest absolute Gasteiger partial charge is 0.394 e. The van der Waals surface area contributed by atoms with Crippen LogP contribution in [-0.4, -0.2) is 196 Å². The van der Waals surface area contributed by atoms with Gasteiger partial charge < -0.3 is 68.4 Å². The molecule has 1 aromatic carbocycles. The number of para-hydroxylation sites is 1. The minimum Gasteiger partial charge on any atom is -0.394 e. The third-order valence-corrected chi connectivity index (χ3v) is 12.9. The molecule has 8 atom stereocenters. The van der Waals surface area contributed by atoms with Gasteiger partial charge in [-0.05, 0) is 50.2 Å². The Labute approximate surface area is 418 Å². The molecule has 15 N–H and O–H groups in total. The Morgan fingerprint density at radius 1 is 0.704 bits per heavy atom. The number of fused-ring (bicyclic) bond motifs is 3. The van der Waals surface area contributed by atoms with E-state index in [1.54, 1.807) is 12.3 Å². The van der Waals surface area contributed by atoms with E-state index in [9.17, 15) is 58.2 Å². The number of H-pyrrole nitrogens is 1. The van der Waals surface area contributed by atoms with Crippen molar-refractivity contribution < 1.29 is 58.2 Å². The number of hydrazine groups is 1. The fraction of sp³-hybridized carbons (Fsp3) is 0.558. The zero-order valence-electron chi connectivity index (χ0n) is 38.7. The number of guanidine groups is 1. The van der Waals surface area contributed by atoms with Crippen molar-refractivity contribution in [1.82, 2.24) is 62.9 Å². The molecule has 0 saturated carbocycles. The average molecular weight is 1030 g/mol. The van der Waals surface area contributed by atoms with Crippen molar-refractivity contribution in [2.75, 3.05) is 57.4 Å². The first-order chi connectivity index (χ1) is 34.0. The summed E-state index contributed by atoms with van der Waals surface area (Å²) in [7, 11) is 0. The van der Waals surface area contributed by atoms with E-state index in [-0.39, 0.29) is 62.7 Å². The highest BCUT2D eigenvalue weighted by atomic mass is 32.1. The third-order valence-electron chi connectivity index (χ3n) is 12.1. The Balaban J connectivity index is 1.42. The van der Waals surface area contributed by atoms with Gasteiger partial charge in [-0.15, -0.1) is 0 Å². The highest BCUT2D eigenvalue weighted by molar-refractivity contribution is 7.80. The molecule has 28 heteroatoms. The molecule has 71 heavy (non-hydrogen) atoms. The van der Waals surface area contributed by atoms with Crippen LogP contribution in [0.1, 0.15) is 44.1 Å². The van der Waals surface area contributed by atoms with Crippen LogP contribution in [0, 0.1) is 5.41 Å². The fourth-order valence-corrected chi connectivity index (χ4v) is 8.88. The van der Waals surface area contributed by atoms with E-state index < -0.39 is 133 Å². The van der Waals surface area contributed by atoms with Gasteiger partial charge in [0.1, 0.15) is 42.3 Å². The molecular formula is C43H62N14O12S2. The van der Waals surface area contributed by atoms with Gasteiger partial charge in [-0.25, -0.2) is 10.4 Å². The minimum atomic E-state index is -1.68. The summed E-state index contributed by atoms with van der Waals surface area (Å²) in [5.41, 5.74) is 9.73. The van der Waals surface area contributed by atoms with Gasteiger partial charge in [-0.2, -0.15) is 25.3 Å². The van der Waals surface area contributed by atoms with E-state index >= 15 is 0 Å². The number of benzene rings is 1. The molecular weight excluding hydrogens is 969 g/mol. The average Bonchev–Trinajstić information content (AvgIpc) is 4.15. The number of nitrogens with one attached hydrogen (secondary N) is 11. The molecule has 0 radical (unpaired) electrons. The van der Waals surface area contributed by atoms with Gasteiger partial charge in [0.05, 0.1) is 32.3 Å². The van der Waals surface area contributed by atoms with E-state index in [1.807, 2.05) is 18.2 Å². The van der Waals surface area contributed by atoms with Crippen LogP contribution in [0.5, 0.6) is 0 Å². The number of amides is 8. The summed E-state index contributed by atoms with van der Waals surface area (Å²) in [5.74, 6) is -10.1. The number of hydrogen-bond acceptors (Lipinski definition) is 17. The lowest BCUT2D eigenvalue weighted by atomic mass is 10.0. The molecule has 3 aliphatic rings. The Bertz CT molecular complexity index is 2320. The number of aromatic nitrogens is 1. The number of carbonyl (C=O) groups is 10. The van der Waals surface area contributed by atoms with Gasteiger partial charge in [0, 0.05) is 54.7 Å². The highest BCUT2D eigenvalue weighted by Gasteiger charge is 2.41. The van der Waals surface area contributed by atoms with Gasteiger partial charge in [-0.3, -0.25) is 53.4 Å². The van der Waals surface area contributed by atoms with Crippen LogP contribution in [0.4, 0.5) is 0 Å². The Kier molecular flexibility index (Phi) is 21.0. The van der Waals surface area contributed by atoms with Crippen LogP contribution in [-0.2, 0) is 54.4 Å². The molecule has 3 fully saturated rings. The second kappa shape index (κ2) is 26.8. The molecule has 8 amide bonds. The lowest BCUT2D eigenvalue weighted by molar-refractivity contribution is -0.145. The molecule has 0 aliphatic carbocycles. The minimum absolute atomic E-state index is 0.0182. The second-order valence-electron chi connectivity index (χ2n) is 17.1. The lowest BCUT2D eigenvalue weighted by Crippen LogP contribution is -2.61. The molecule has 388 valence electrons. The standard InChI is InChI=1S/C43H62N14O12S2/c44-43(45)46-11-3-8-25-37(64)54-30(21-71)40(67)53-28(19-59)42(69)56-12-4-9-31(56)35(62)33(60)16-48-36(63)27(18-58)52-39(66)29(20-70)55-38(65)26(14-22-15-47-24-7-2-1-6-23(22)24)51-41(68)32-10-5-13-57(32)49-17-34(61)50-25/h1-2,6-7,15,25-32,47,49,58-59,70-71H,3-5,8-14,16-21H2,(H,48,63)(H,50,61)(H,51,68)(H,52,66)(H,53,67)(H,54,64)(H,55,65)(H4,44,45,46)/t25-,26-,27-,28-,29-,30-,31-,32-/m0/s1. The van der Waals surface area contributed by atoms with Crippen LogP contribution >= 0.6 is 25.3 Å². The van der Waals surface area contributed by atoms with E-state index in [0.29, 0.717) is 24.9 Å². The highest BCUT2D eigenvalue weighted by Crippen LogP contribution is 2.22. The molecule has 4 heterocycles.